The summed E-state index contributed by atoms with van der Waals surface area (Å²) in [6.45, 7) is 3.67. The maximum Gasteiger partial charge on any atom is 0.269 e. The van der Waals surface area contributed by atoms with Crippen molar-refractivity contribution in [3.8, 4) is 11.1 Å². The largest absolute Gasteiger partial charge is 0.379 e. The predicted molar refractivity (Wildman–Crippen MR) is 136 cm³/mol. The van der Waals surface area contributed by atoms with Gasteiger partial charge in [-0.15, -0.1) is 0 Å². The quantitative estimate of drug-likeness (QED) is 0.409. The Bertz CT molecular complexity index is 1470. The van der Waals surface area contributed by atoms with Gasteiger partial charge in [0, 0.05) is 55.6 Å². The molecule has 1 saturated heterocycles. The number of morpholine rings is 1. The minimum atomic E-state index is -3.83. The molecular formula is C26H30N6O3S. The van der Waals surface area contributed by atoms with Gasteiger partial charge in [-0.1, -0.05) is 18.2 Å². The van der Waals surface area contributed by atoms with Gasteiger partial charge in [0.15, 0.2) is 5.65 Å². The predicted octanol–water partition coefficient (Wildman–Crippen LogP) is 3.43. The Hall–Kier alpha value is -3.08. The Morgan fingerprint density at radius 2 is 1.72 bits per heavy atom. The number of hydrogen-bond donors (Lipinski definition) is 0. The van der Waals surface area contributed by atoms with E-state index >= 15 is 0 Å². The van der Waals surface area contributed by atoms with Gasteiger partial charge in [0.25, 0.3) is 10.0 Å². The SMILES string of the molecule is Cn1cc(-c2cn(S(=O)(=O)c3ccccc3)c3ncc(C4CCC(N5CCOCC5)CC4)nc23)cn1. The van der Waals surface area contributed by atoms with Crippen molar-refractivity contribution in [1.82, 2.24) is 28.6 Å². The first kappa shape index (κ1) is 23.3. The average molecular weight is 507 g/mol. The van der Waals surface area contributed by atoms with Crippen LogP contribution in [0.4, 0.5) is 0 Å². The standard InChI is InChI=1S/C26H30N6O3S/c1-30-17-20(15-28-30)23-18-32(36(33,34)22-5-3-2-4-6-22)26-25(23)29-24(16-27-26)19-7-9-21(10-8-19)31-11-13-35-14-12-31/h2-6,15-19,21H,7-14H2,1H3. The third-order valence-electron chi connectivity index (χ3n) is 7.47. The van der Waals surface area contributed by atoms with Crippen molar-refractivity contribution in [2.45, 2.75) is 42.5 Å². The number of aryl methyl sites for hydroxylation is 1. The molecule has 0 atom stereocenters. The molecule has 1 aliphatic carbocycles. The van der Waals surface area contributed by atoms with Crippen LogP contribution in [0.2, 0.25) is 0 Å². The lowest BCUT2D eigenvalue weighted by Gasteiger charge is -2.38. The Morgan fingerprint density at radius 1 is 0.972 bits per heavy atom. The minimum Gasteiger partial charge on any atom is -0.379 e. The van der Waals surface area contributed by atoms with Crippen LogP contribution < -0.4 is 0 Å². The highest BCUT2D eigenvalue weighted by Crippen LogP contribution is 2.36. The van der Waals surface area contributed by atoms with E-state index < -0.39 is 10.0 Å². The Labute approximate surface area is 210 Å². The minimum absolute atomic E-state index is 0.215. The summed E-state index contributed by atoms with van der Waals surface area (Å²) in [6.07, 6.45) is 11.4. The van der Waals surface area contributed by atoms with Gasteiger partial charge >= 0.3 is 0 Å². The van der Waals surface area contributed by atoms with Gasteiger partial charge < -0.3 is 4.74 Å². The van der Waals surface area contributed by atoms with E-state index in [2.05, 4.69) is 15.0 Å². The van der Waals surface area contributed by atoms with E-state index in [4.69, 9.17) is 9.72 Å². The van der Waals surface area contributed by atoms with Crippen LogP contribution in [-0.2, 0) is 21.8 Å². The van der Waals surface area contributed by atoms with Gasteiger partial charge in [-0.05, 0) is 37.8 Å². The van der Waals surface area contributed by atoms with Crippen LogP contribution in [0.25, 0.3) is 22.3 Å². The molecular weight excluding hydrogens is 476 g/mol. The van der Waals surface area contributed by atoms with Crippen molar-refractivity contribution in [2.75, 3.05) is 26.3 Å². The molecule has 0 N–H and O–H groups in total. The van der Waals surface area contributed by atoms with E-state index in [1.54, 1.807) is 53.6 Å². The van der Waals surface area contributed by atoms with Crippen LogP contribution in [0, 0.1) is 0 Å². The number of nitrogens with zero attached hydrogens (tertiary/aromatic N) is 6. The highest BCUT2D eigenvalue weighted by atomic mass is 32.2. The first-order valence-electron chi connectivity index (χ1n) is 12.5. The number of fused-ring (bicyclic) bond motifs is 1. The second-order valence-electron chi connectivity index (χ2n) is 9.68. The fourth-order valence-corrected chi connectivity index (χ4v) is 6.85. The molecule has 9 nitrogen and oxygen atoms in total. The summed E-state index contributed by atoms with van der Waals surface area (Å²) in [5.74, 6) is 0.315. The van der Waals surface area contributed by atoms with Crippen LogP contribution in [0.3, 0.4) is 0 Å². The van der Waals surface area contributed by atoms with Gasteiger partial charge in [-0.3, -0.25) is 9.58 Å². The fraction of sp³-hybridized carbons (Fsp3) is 0.423. The molecule has 4 aromatic rings. The smallest absolute Gasteiger partial charge is 0.269 e. The van der Waals surface area contributed by atoms with E-state index in [-0.39, 0.29) is 4.90 Å². The number of aromatic nitrogens is 5. The molecule has 0 bridgehead atoms. The number of rotatable bonds is 5. The second kappa shape index (κ2) is 9.42. The van der Waals surface area contributed by atoms with Crippen molar-refractivity contribution >= 4 is 21.2 Å². The summed E-state index contributed by atoms with van der Waals surface area (Å²) >= 11 is 0. The molecule has 0 radical (unpaired) electrons. The Balaban J connectivity index is 1.36. The summed E-state index contributed by atoms with van der Waals surface area (Å²) in [5, 5.41) is 4.29. The van der Waals surface area contributed by atoms with Gasteiger partial charge in [-0.25, -0.2) is 22.4 Å². The van der Waals surface area contributed by atoms with Crippen LogP contribution in [0.1, 0.15) is 37.3 Å². The van der Waals surface area contributed by atoms with Crippen molar-refractivity contribution in [3.05, 3.63) is 60.8 Å². The highest BCUT2D eigenvalue weighted by molar-refractivity contribution is 7.90. The zero-order valence-corrected chi connectivity index (χ0v) is 21.1. The molecule has 0 unspecified atom stereocenters. The van der Waals surface area contributed by atoms with E-state index in [9.17, 15) is 8.42 Å². The van der Waals surface area contributed by atoms with E-state index in [1.807, 2.05) is 13.2 Å². The molecule has 36 heavy (non-hydrogen) atoms. The lowest BCUT2D eigenvalue weighted by Crippen LogP contribution is -2.44. The molecule has 1 aliphatic heterocycles. The van der Waals surface area contributed by atoms with E-state index in [0.717, 1.165) is 63.2 Å². The topological polar surface area (TPSA) is 95.1 Å². The van der Waals surface area contributed by atoms with Gasteiger partial charge in [-0.2, -0.15) is 5.10 Å². The normalized spacial score (nSPS) is 21.7. The number of hydrogen-bond acceptors (Lipinski definition) is 7. The van der Waals surface area contributed by atoms with Gasteiger partial charge in [0.2, 0.25) is 0 Å². The average Bonchev–Trinajstić information content (AvgIpc) is 3.53. The highest BCUT2D eigenvalue weighted by Gasteiger charge is 2.30. The van der Waals surface area contributed by atoms with Crippen molar-refractivity contribution < 1.29 is 13.2 Å². The lowest BCUT2D eigenvalue weighted by molar-refractivity contribution is 0.00721. The zero-order valence-electron chi connectivity index (χ0n) is 20.3. The van der Waals surface area contributed by atoms with Crippen molar-refractivity contribution in [2.24, 2.45) is 7.05 Å². The molecule has 4 heterocycles. The number of benzene rings is 1. The third kappa shape index (κ3) is 4.23. The molecule has 0 spiro atoms. The lowest BCUT2D eigenvalue weighted by atomic mass is 9.83. The fourth-order valence-electron chi connectivity index (χ4n) is 5.51. The van der Waals surface area contributed by atoms with Crippen molar-refractivity contribution in [3.63, 3.8) is 0 Å². The summed E-state index contributed by atoms with van der Waals surface area (Å²) in [7, 11) is -1.99. The molecule has 3 aromatic heterocycles. The van der Waals surface area contributed by atoms with E-state index in [1.165, 1.54) is 3.97 Å². The maximum absolute atomic E-state index is 13.5. The third-order valence-corrected chi connectivity index (χ3v) is 9.14. The molecule has 1 aromatic carbocycles. The van der Waals surface area contributed by atoms with Crippen LogP contribution in [0.15, 0.2) is 60.0 Å². The first-order valence-corrected chi connectivity index (χ1v) is 13.9. The number of ether oxygens (including phenoxy) is 1. The molecule has 6 rings (SSSR count). The first-order chi connectivity index (χ1) is 17.5. The van der Waals surface area contributed by atoms with Crippen molar-refractivity contribution in [1.29, 1.82) is 0 Å². The molecule has 1 saturated carbocycles. The monoisotopic (exact) mass is 506 g/mol. The van der Waals surface area contributed by atoms with Gasteiger partial charge in [0.05, 0.1) is 36.2 Å². The summed E-state index contributed by atoms with van der Waals surface area (Å²) in [5.41, 5.74) is 3.39. The summed E-state index contributed by atoms with van der Waals surface area (Å²) in [4.78, 5) is 12.5. The van der Waals surface area contributed by atoms with Crippen LogP contribution in [-0.4, -0.2) is 69.4 Å². The zero-order chi connectivity index (χ0) is 24.7. The molecule has 2 aliphatic rings. The summed E-state index contributed by atoms with van der Waals surface area (Å²) in [6, 6.07) is 9.03. The molecule has 10 heteroatoms. The van der Waals surface area contributed by atoms with Gasteiger partial charge in [0.1, 0.15) is 5.52 Å². The molecule has 0 amide bonds. The maximum atomic E-state index is 13.5. The second-order valence-corrected chi connectivity index (χ2v) is 11.5. The summed E-state index contributed by atoms with van der Waals surface area (Å²) < 4.78 is 35.5. The molecule has 188 valence electrons. The van der Waals surface area contributed by atoms with E-state index in [0.29, 0.717) is 28.7 Å². The Morgan fingerprint density at radius 3 is 2.42 bits per heavy atom. The molecule has 2 fully saturated rings. The Kier molecular flexibility index (Phi) is 6.10. The van der Waals surface area contributed by atoms with Crippen LogP contribution >= 0.6 is 0 Å². The van der Waals surface area contributed by atoms with Crippen LogP contribution in [0.5, 0.6) is 0 Å².